The van der Waals surface area contributed by atoms with E-state index in [-0.39, 0.29) is 0 Å². The van der Waals surface area contributed by atoms with Crippen LogP contribution in [-0.4, -0.2) is 49.8 Å². The number of nitrogen functional groups attached to an aromatic ring is 1. The van der Waals surface area contributed by atoms with Crippen molar-refractivity contribution in [1.82, 2.24) is 24.5 Å². The molecule has 0 spiro atoms. The van der Waals surface area contributed by atoms with E-state index in [0.717, 1.165) is 59.3 Å². The molecular weight excluding hydrogens is 378 g/mol. The maximum Gasteiger partial charge on any atom is 0.165 e. The summed E-state index contributed by atoms with van der Waals surface area (Å²) in [6, 6.07) is 12.3. The van der Waals surface area contributed by atoms with Crippen LogP contribution in [0.25, 0.3) is 28.1 Å². The predicted octanol–water partition coefficient (Wildman–Crippen LogP) is 2.75. The molecule has 6 heterocycles. The highest BCUT2D eigenvalue weighted by Crippen LogP contribution is 2.32. The number of hydrogen-bond acceptors (Lipinski definition) is 7. The summed E-state index contributed by atoms with van der Waals surface area (Å²) in [6.07, 6.45) is 5.04. The van der Waals surface area contributed by atoms with Crippen LogP contribution in [-0.2, 0) is 4.74 Å². The Morgan fingerprint density at radius 1 is 1.10 bits per heavy atom. The van der Waals surface area contributed by atoms with Gasteiger partial charge in [0.05, 0.1) is 36.3 Å². The number of anilines is 2. The monoisotopic (exact) mass is 399 g/mol. The van der Waals surface area contributed by atoms with Gasteiger partial charge in [0, 0.05) is 18.3 Å². The molecule has 2 N–H and O–H groups in total. The first-order valence-corrected chi connectivity index (χ1v) is 10.1. The molecule has 6 rings (SSSR count). The number of fused-ring (bicyclic) bond motifs is 3. The molecule has 0 unspecified atom stereocenters. The van der Waals surface area contributed by atoms with Gasteiger partial charge in [-0.15, -0.1) is 0 Å². The molecule has 2 fully saturated rings. The molecule has 2 bridgehead atoms. The van der Waals surface area contributed by atoms with E-state index in [1.54, 1.807) is 6.20 Å². The Morgan fingerprint density at radius 3 is 2.77 bits per heavy atom. The third-order valence-corrected chi connectivity index (χ3v) is 5.93. The summed E-state index contributed by atoms with van der Waals surface area (Å²) in [4.78, 5) is 20.7. The van der Waals surface area contributed by atoms with Crippen molar-refractivity contribution in [2.75, 3.05) is 23.8 Å². The first-order valence-electron chi connectivity index (χ1n) is 10.1. The number of aromatic nitrogens is 5. The molecule has 4 aromatic heterocycles. The highest BCUT2D eigenvalue weighted by atomic mass is 16.5. The number of aryl methyl sites for hydroxylation is 1. The largest absolute Gasteiger partial charge is 0.384 e. The van der Waals surface area contributed by atoms with Gasteiger partial charge in [-0.3, -0.25) is 4.57 Å². The van der Waals surface area contributed by atoms with Crippen molar-refractivity contribution in [3.8, 4) is 16.9 Å². The van der Waals surface area contributed by atoms with Gasteiger partial charge in [-0.25, -0.2) is 19.9 Å². The number of morpholine rings is 1. The Morgan fingerprint density at radius 2 is 2.03 bits per heavy atom. The Bertz CT molecular complexity index is 1250. The molecule has 2 aliphatic heterocycles. The molecule has 0 radical (unpaired) electrons. The molecule has 8 heteroatoms. The van der Waals surface area contributed by atoms with Gasteiger partial charge in [0.1, 0.15) is 23.0 Å². The number of ether oxygens (including phenoxy) is 1. The van der Waals surface area contributed by atoms with Crippen LogP contribution in [0.3, 0.4) is 0 Å². The lowest BCUT2D eigenvalue weighted by Crippen LogP contribution is -2.37. The maximum atomic E-state index is 5.85. The molecular formula is C22H21N7O. The van der Waals surface area contributed by atoms with E-state index in [2.05, 4.69) is 27.0 Å². The van der Waals surface area contributed by atoms with Gasteiger partial charge in [-0.2, -0.15) is 0 Å². The highest BCUT2D eigenvalue weighted by molar-refractivity contribution is 5.78. The maximum absolute atomic E-state index is 5.85. The number of pyridine rings is 3. The van der Waals surface area contributed by atoms with Crippen molar-refractivity contribution in [1.29, 1.82) is 0 Å². The Balaban J connectivity index is 1.40. The summed E-state index contributed by atoms with van der Waals surface area (Å²) < 4.78 is 7.74. The topological polar surface area (TPSA) is 95.0 Å². The van der Waals surface area contributed by atoms with Crippen LogP contribution in [0.5, 0.6) is 0 Å². The fourth-order valence-electron chi connectivity index (χ4n) is 4.51. The number of nitrogens with zero attached hydrogens (tertiary/aromatic N) is 6. The first-order chi connectivity index (χ1) is 14.7. The summed E-state index contributed by atoms with van der Waals surface area (Å²) in [5.41, 5.74) is 10.2. The average Bonchev–Trinajstić information content (AvgIpc) is 3.47. The molecule has 0 saturated carbocycles. The Kier molecular flexibility index (Phi) is 3.76. The zero-order valence-electron chi connectivity index (χ0n) is 16.6. The third kappa shape index (κ3) is 2.72. The summed E-state index contributed by atoms with van der Waals surface area (Å²) in [7, 11) is 0. The van der Waals surface area contributed by atoms with Crippen molar-refractivity contribution in [3.63, 3.8) is 0 Å². The molecule has 0 aromatic carbocycles. The van der Waals surface area contributed by atoms with Crippen LogP contribution in [0.1, 0.15) is 12.2 Å². The SMILES string of the molecule is Cc1nc2ccc(-c3ccnc(N)c3)nc2n1-c1ccc(N2C[C@H]3C[C@H]2CO3)nc1. The van der Waals surface area contributed by atoms with Crippen LogP contribution >= 0.6 is 0 Å². The average molecular weight is 399 g/mol. The predicted molar refractivity (Wildman–Crippen MR) is 115 cm³/mol. The van der Waals surface area contributed by atoms with Crippen LogP contribution < -0.4 is 10.6 Å². The number of imidazole rings is 1. The summed E-state index contributed by atoms with van der Waals surface area (Å²) in [5.74, 6) is 2.34. The second kappa shape index (κ2) is 6.50. The Labute approximate surface area is 173 Å². The smallest absolute Gasteiger partial charge is 0.165 e. The van der Waals surface area contributed by atoms with E-state index >= 15 is 0 Å². The molecule has 30 heavy (non-hydrogen) atoms. The minimum atomic E-state index is 0.348. The van der Waals surface area contributed by atoms with Crippen molar-refractivity contribution in [2.24, 2.45) is 0 Å². The van der Waals surface area contributed by atoms with E-state index in [1.807, 2.05) is 42.0 Å². The van der Waals surface area contributed by atoms with Gasteiger partial charge < -0.3 is 15.4 Å². The minimum absolute atomic E-state index is 0.348. The van der Waals surface area contributed by atoms with E-state index in [0.29, 0.717) is 18.0 Å². The van der Waals surface area contributed by atoms with Gasteiger partial charge in [-0.05, 0) is 49.7 Å². The van der Waals surface area contributed by atoms with E-state index in [4.69, 9.17) is 20.4 Å². The van der Waals surface area contributed by atoms with E-state index < -0.39 is 0 Å². The van der Waals surface area contributed by atoms with Crippen LogP contribution in [0.4, 0.5) is 11.6 Å². The van der Waals surface area contributed by atoms with Crippen molar-refractivity contribution in [2.45, 2.75) is 25.5 Å². The van der Waals surface area contributed by atoms with Gasteiger partial charge >= 0.3 is 0 Å². The zero-order chi connectivity index (χ0) is 20.2. The molecule has 2 aliphatic rings. The first kappa shape index (κ1) is 17.3. The van der Waals surface area contributed by atoms with Crippen molar-refractivity contribution in [3.05, 3.63) is 54.6 Å². The lowest BCUT2D eigenvalue weighted by molar-refractivity contribution is 0.0989. The molecule has 0 aliphatic carbocycles. The fraction of sp³-hybridized carbons (Fsp3) is 0.273. The lowest BCUT2D eigenvalue weighted by atomic mass is 10.1. The summed E-state index contributed by atoms with van der Waals surface area (Å²) >= 11 is 0. The van der Waals surface area contributed by atoms with Gasteiger partial charge in [0.25, 0.3) is 0 Å². The van der Waals surface area contributed by atoms with E-state index in [9.17, 15) is 0 Å². The molecule has 150 valence electrons. The molecule has 8 nitrogen and oxygen atoms in total. The van der Waals surface area contributed by atoms with Crippen molar-refractivity contribution < 1.29 is 4.74 Å². The standard InChI is InChI=1S/C22H21N7O/c1-13-26-19-4-3-18(14-6-7-24-20(23)8-14)27-22(19)29(13)15-2-5-21(25-10-15)28-11-17-9-16(28)12-30-17/h2-8,10,16-17H,9,11-12H2,1H3,(H2,23,24)/t16-,17+/m0/s1. The van der Waals surface area contributed by atoms with Crippen molar-refractivity contribution >= 4 is 22.8 Å². The molecule has 4 aromatic rings. The zero-order valence-corrected chi connectivity index (χ0v) is 16.6. The van der Waals surface area contributed by atoms with Crippen LogP contribution in [0.15, 0.2) is 48.8 Å². The van der Waals surface area contributed by atoms with Gasteiger partial charge in [-0.1, -0.05) is 0 Å². The number of nitrogens with two attached hydrogens (primary N) is 1. The summed E-state index contributed by atoms with van der Waals surface area (Å²) in [5, 5.41) is 0. The minimum Gasteiger partial charge on any atom is -0.384 e. The van der Waals surface area contributed by atoms with Gasteiger partial charge in [0.15, 0.2) is 5.65 Å². The van der Waals surface area contributed by atoms with Gasteiger partial charge in [0.2, 0.25) is 0 Å². The second-order valence-electron chi connectivity index (χ2n) is 7.87. The molecule has 2 saturated heterocycles. The number of hydrogen-bond donors (Lipinski definition) is 1. The van der Waals surface area contributed by atoms with E-state index in [1.165, 1.54) is 0 Å². The lowest BCUT2D eigenvalue weighted by Gasteiger charge is -2.27. The molecule has 0 amide bonds. The van der Waals surface area contributed by atoms with Crippen LogP contribution in [0, 0.1) is 6.92 Å². The highest BCUT2D eigenvalue weighted by Gasteiger charge is 2.39. The fourth-order valence-corrected chi connectivity index (χ4v) is 4.51. The quantitative estimate of drug-likeness (QED) is 0.566. The normalized spacial score (nSPS) is 20.4. The third-order valence-electron chi connectivity index (χ3n) is 5.93. The number of rotatable bonds is 3. The molecule has 2 atom stereocenters. The summed E-state index contributed by atoms with van der Waals surface area (Å²) in [6.45, 7) is 3.70. The van der Waals surface area contributed by atoms with Crippen LogP contribution in [0.2, 0.25) is 0 Å². The Hall–Kier alpha value is -3.52. The second-order valence-corrected chi connectivity index (χ2v) is 7.87.